The average molecular weight is 459 g/mol. The van der Waals surface area contributed by atoms with Crippen LogP contribution >= 0.6 is 0 Å². The van der Waals surface area contributed by atoms with E-state index in [-0.39, 0.29) is 33.6 Å². The summed E-state index contributed by atoms with van der Waals surface area (Å²) in [4.78, 5) is 26.5. The van der Waals surface area contributed by atoms with Gasteiger partial charge in [-0.05, 0) is 72.6 Å². The molecule has 2 aromatic carbocycles. The maximum atomic E-state index is 13.3. The highest BCUT2D eigenvalue weighted by molar-refractivity contribution is 5.90. The fraction of sp³-hybridized carbons (Fsp3) is 0.533. The molecule has 4 nitrogen and oxygen atoms in total. The summed E-state index contributed by atoms with van der Waals surface area (Å²) >= 11 is 0. The monoisotopic (exact) mass is 458 g/mol. The summed E-state index contributed by atoms with van der Waals surface area (Å²) in [5.41, 5.74) is 1.12. The third kappa shape index (κ3) is 2.77. The number of benzene rings is 2. The molecular formula is C30H34O4. The van der Waals surface area contributed by atoms with Crippen molar-refractivity contribution in [2.24, 2.45) is 33.5 Å². The van der Waals surface area contributed by atoms with E-state index in [4.69, 9.17) is 9.47 Å². The summed E-state index contributed by atoms with van der Waals surface area (Å²) in [7, 11) is 0. The van der Waals surface area contributed by atoms with Crippen molar-refractivity contribution in [3.63, 3.8) is 0 Å². The first-order chi connectivity index (χ1) is 16.1. The minimum atomic E-state index is -0.459. The van der Waals surface area contributed by atoms with Crippen LogP contribution in [-0.2, 0) is 9.47 Å². The lowest BCUT2D eigenvalue weighted by Crippen LogP contribution is -2.58. The van der Waals surface area contributed by atoms with E-state index in [1.165, 1.54) is 19.3 Å². The molecule has 2 aromatic rings. The van der Waals surface area contributed by atoms with Gasteiger partial charge in [0.25, 0.3) is 0 Å². The Kier molecular flexibility index (Phi) is 4.48. The van der Waals surface area contributed by atoms with Crippen molar-refractivity contribution in [3.8, 4) is 0 Å². The van der Waals surface area contributed by atoms with E-state index in [0.29, 0.717) is 23.0 Å². The fourth-order valence-electron chi connectivity index (χ4n) is 9.56. The van der Waals surface area contributed by atoms with Crippen LogP contribution < -0.4 is 0 Å². The lowest BCUT2D eigenvalue weighted by atomic mass is 9.53. The van der Waals surface area contributed by atoms with Crippen molar-refractivity contribution < 1.29 is 19.1 Å². The van der Waals surface area contributed by atoms with Crippen molar-refractivity contribution in [1.29, 1.82) is 0 Å². The molecule has 0 amide bonds. The number of esters is 2. The summed E-state index contributed by atoms with van der Waals surface area (Å²) in [5.74, 6) is 0.257. The third-order valence-electron chi connectivity index (χ3n) is 10.2. The Morgan fingerprint density at radius 2 is 1.03 bits per heavy atom. The quantitative estimate of drug-likeness (QED) is 0.398. The standard InChI is InChI=1S/C30H34O4/c1-27-15-16-28(2,17-27)22-21(27)29(3)18-30(22,4)24(34-26(32)20-13-9-6-10-14-20)23(29)33-25(31)19-11-7-5-8-12-19/h5-14,21-24H,15-18H2,1-4H3. The Morgan fingerprint density at radius 3 is 1.41 bits per heavy atom. The first kappa shape index (κ1) is 21.9. The summed E-state index contributed by atoms with van der Waals surface area (Å²) in [6.45, 7) is 9.48. The highest BCUT2D eigenvalue weighted by Crippen LogP contribution is 2.84. The first-order valence-corrected chi connectivity index (χ1v) is 12.6. The average Bonchev–Trinajstić information content (AvgIpc) is 3.44. The summed E-state index contributed by atoms with van der Waals surface area (Å²) in [6, 6.07) is 18.3. The molecular weight excluding hydrogens is 424 g/mol. The molecule has 4 aliphatic rings. The van der Waals surface area contributed by atoms with Gasteiger partial charge in [0.2, 0.25) is 0 Å². The molecule has 0 N–H and O–H groups in total. The number of fused-ring (bicyclic) bond motifs is 9. The van der Waals surface area contributed by atoms with Crippen molar-refractivity contribution >= 4 is 11.9 Å². The van der Waals surface area contributed by atoms with Crippen LogP contribution in [0.4, 0.5) is 0 Å². The van der Waals surface area contributed by atoms with Crippen molar-refractivity contribution in [1.82, 2.24) is 0 Å². The van der Waals surface area contributed by atoms with Gasteiger partial charge >= 0.3 is 11.9 Å². The van der Waals surface area contributed by atoms with Gasteiger partial charge in [-0.3, -0.25) is 0 Å². The van der Waals surface area contributed by atoms with Gasteiger partial charge in [0.15, 0.2) is 0 Å². The zero-order valence-electron chi connectivity index (χ0n) is 20.5. The van der Waals surface area contributed by atoms with Crippen LogP contribution in [0, 0.1) is 33.5 Å². The second kappa shape index (κ2) is 6.96. The Morgan fingerprint density at radius 1 is 0.647 bits per heavy atom. The van der Waals surface area contributed by atoms with Gasteiger partial charge in [-0.2, -0.15) is 0 Å². The molecule has 178 valence electrons. The van der Waals surface area contributed by atoms with Gasteiger partial charge in [0.05, 0.1) is 11.1 Å². The van der Waals surface area contributed by atoms with Gasteiger partial charge in [-0.15, -0.1) is 0 Å². The SMILES string of the molecule is CC12CCC(C)(C1)C1C2C2(C)CC1(C)C(OC(=O)c1ccccc1)C2OC(=O)c1ccccc1. The van der Waals surface area contributed by atoms with Crippen LogP contribution in [0.25, 0.3) is 0 Å². The molecule has 4 heteroatoms. The smallest absolute Gasteiger partial charge is 0.338 e. The van der Waals surface area contributed by atoms with Gasteiger partial charge < -0.3 is 9.47 Å². The minimum Gasteiger partial charge on any atom is -0.454 e. The number of carbonyl (C=O) groups excluding carboxylic acids is 2. The van der Waals surface area contributed by atoms with Gasteiger partial charge in [-0.25, -0.2) is 9.59 Å². The molecule has 0 heterocycles. The predicted octanol–water partition coefficient (Wildman–Crippen LogP) is 6.31. The van der Waals surface area contributed by atoms with Crippen LogP contribution in [0.3, 0.4) is 0 Å². The van der Waals surface area contributed by atoms with Crippen molar-refractivity contribution in [2.75, 3.05) is 0 Å². The number of hydrogen-bond acceptors (Lipinski definition) is 4. The maximum absolute atomic E-state index is 13.3. The third-order valence-corrected chi connectivity index (χ3v) is 10.2. The Bertz CT molecular complexity index is 1060. The predicted molar refractivity (Wildman–Crippen MR) is 129 cm³/mol. The molecule has 0 aliphatic heterocycles. The van der Waals surface area contributed by atoms with Crippen LogP contribution in [0.1, 0.15) is 74.1 Å². The molecule has 0 saturated heterocycles. The van der Waals surface area contributed by atoms with E-state index in [9.17, 15) is 9.59 Å². The van der Waals surface area contributed by atoms with E-state index in [2.05, 4.69) is 27.7 Å². The molecule has 34 heavy (non-hydrogen) atoms. The summed E-state index contributed by atoms with van der Waals surface area (Å²) < 4.78 is 12.7. The topological polar surface area (TPSA) is 52.6 Å². The van der Waals surface area contributed by atoms with E-state index in [0.717, 1.165) is 6.42 Å². The highest BCUT2D eigenvalue weighted by atomic mass is 16.6. The highest BCUT2D eigenvalue weighted by Gasteiger charge is 2.82. The second-order valence-corrected chi connectivity index (χ2v) is 12.5. The Hall–Kier alpha value is -2.62. The fourth-order valence-corrected chi connectivity index (χ4v) is 9.56. The number of rotatable bonds is 4. The Balaban J connectivity index is 1.40. The molecule has 6 rings (SSSR count). The largest absolute Gasteiger partial charge is 0.454 e. The number of hydrogen-bond donors (Lipinski definition) is 0. The Labute approximate surface area is 202 Å². The minimum absolute atomic E-state index is 0.224. The molecule has 0 aromatic heterocycles. The van der Waals surface area contributed by atoms with Crippen LogP contribution in [0.15, 0.2) is 60.7 Å². The molecule has 4 fully saturated rings. The van der Waals surface area contributed by atoms with Crippen LogP contribution in [-0.4, -0.2) is 24.1 Å². The lowest BCUT2D eigenvalue weighted by molar-refractivity contribution is -0.156. The molecule has 8 unspecified atom stereocenters. The van der Waals surface area contributed by atoms with E-state index < -0.39 is 12.2 Å². The first-order valence-electron chi connectivity index (χ1n) is 12.6. The van der Waals surface area contributed by atoms with Crippen LogP contribution in [0.2, 0.25) is 0 Å². The molecule has 4 saturated carbocycles. The van der Waals surface area contributed by atoms with Crippen LogP contribution in [0.5, 0.6) is 0 Å². The van der Waals surface area contributed by atoms with Crippen molar-refractivity contribution in [3.05, 3.63) is 71.8 Å². The molecule has 4 aliphatic carbocycles. The van der Waals surface area contributed by atoms with E-state index >= 15 is 0 Å². The molecule has 4 bridgehead atoms. The summed E-state index contributed by atoms with van der Waals surface area (Å²) in [5, 5.41) is 0. The number of carbonyl (C=O) groups is 2. The molecule has 8 atom stereocenters. The maximum Gasteiger partial charge on any atom is 0.338 e. The van der Waals surface area contributed by atoms with E-state index in [1.54, 1.807) is 24.3 Å². The molecule has 0 radical (unpaired) electrons. The number of ether oxygens (including phenoxy) is 2. The normalized spacial score (nSPS) is 43.5. The second-order valence-electron chi connectivity index (χ2n) is 12.5. The van der Waals surface area contributed by atoms with E-state index in [1.807, 2.05) is 36.4 Å². The van der Waals surface area contributed by atoms with Gasteiger partial charge in [0, 0.05) is 10.8 Å². The van der Waals surface area contributed by atoms with Gasteiger partial charge in [-0.1, -0.05) is 64.1 Å². The lowest BCUT2D eigenvalue weighted by Gasteiger charge is -2.54. The molecule has 0 spiro atoms. The van der Waals surface area contributed by atoms with Crippen molar-refractivity contribution in [2.45, 2.75) is 65.6 Å². The zero-order chi connectivity index (χ0) is 23.9. The zero-order valence-corrected chi connectivity index (χ0v) is 20.5. The summed E-state index contributed by atoms with van der Waals surface area (Å²) in [6.07, 6.45) is 3.66. The van der Waals surface area contributed by atoms with Gasteiger partial charge in [0.1, 0.15) is 12.2 Å².